The Kier molecular flexibility index (Phi) is 7.49. The lowest BCUT2D eigenvalue weighted by molar-refractivity contribution is -0.117. The average Bonchev–Trinajstić information content (AvgIpc) is 3.75. The van der Waals surface area contributed by atoms with Gasteiger partial charge in [0.25, 0.3) is 0 Å². The summed E-state index contributed by atoms with van der Waals surface area (Å²) in [4.78, 5) is 55.5. The van der Waals surface area contributed by atoms with Gasteiger partial charge in [0.1, 0.15) is 28.9 Å². The molecule has 0 unspecified atom stereocenters. The van der Waals surface area contributed by atoms with Gasteiger partial charge in [0.15, 0.2) is 11.6 Å². The van der Waals surface area contributed by atoms with Crippen molar-refractivity contribution in [3.8, 4) is 0 Å². The number of Topliss-reactive ketones (excluding diaryl/α,β-unsaturated/α-hetero) is 1. The highest BCUT2D eigenvalue weighted by atomic mass is 19.1. The van der Waals surface area contributed by atoms with Gasteiger partial charge in [-0.25, -0.2) is 23.4 Å². The van der Waals surface area contributed by atoms with Crippen LogP contribution in [0.5, 0.6) is 0 Å². The molecule has 2 saturated heterocycles. The minimum atomic E-state index is -1.36. The van der Waals surface area contributed by atoms with Crippen LogP contribution < -0.4 is 20.5 Å². The number of aromatic nitrogens is 2. The number of ether oxygens (including phenoxy) is 1. The van der Waals surface area contributed by atoms with Gasteiger partial charge in [-0.2, -0.15) is 0 Å². The van der Waals surface area contributed by atoms with Crippen molar-refractivity contribution in [3.63, 3.8) is 0 Å². The molecule has 11 nitrogen and oxygen atoms in total. The first-order valence-electron chi connectivity index (χ1n) is 14.4. The molecule has 226 valence electrons. The number of anilines is 3. The molecule has 4 heterocycles. The Balaban J connectivity index is 1.12. The van der Waals surface area contributed by atoms with Crippen molar-refractivity contribution in [1.82, 2.24) is 9.55 Å². The lowest BCUT2D eigenvalue weighted by Gasteiger charge is -2.34. The molecule has 1 atom stereocenters. The molecule has 3 aliphatic rings. The fraction of sp³-hybridized carbons (Fsp3) is 0.433. The number of rotatable bonds is 9. The van der Waals surface area contributed by atoms with Crippen molar-refractivity contribution in [2.24, 2.45) is 0 Å². The minimum Gasteiger partial charge on any atom is -0.477 e. The fourth-order valence-corrected chi connectivity index (χ4v) is 5.73. The predicted molar refractivity (Wildman–Crippen MR) is 154 cm³/mol. The normalized spacial score (nSPS) is 19.1. The molecule has 2 aromatic heterocycles. The number of carboxylic acids is 1. The minimum absolute atomic E-state index is 0.0103. The van der Waals surface area contributed by atoms with Gasteiger partial charge >= 0.3 is 12.1 Å². The molecule has 43 heavy (non-hydrogen) atoms. The van der Waals surface area contributed by atoms with Crippen molar-refractivity contribution >= 4 is 46.1 Å². The van der Waals surface area contributed by atoms with Crippen molar-refractivity contribution < 1.29 is 33.0 Å². The number of amides is 1. The van der Waals surface area contributed by atoms with Crippen molar-refractivity contribution in [3.05, 3.63) is 57.9 Å². The number of nitrogens with one attached hydrogen (secondary N) is 1. The van der Waals surface area contributed by atoms with Crippen LogP contribution in [0.15, 0.2) is 35.3 Å². The number of hydrogen-bond acceptors (Lipinski definition) is 8. The van der Waals surface area contributed by atoms with Crippen molar-refractivity contribution in [1.29, 1.82) is 0 Å². The van der Waals surface area contributed by atoms with Crippen molar-refractivity contribution in [2.45, 2.75) is 63.6 Å². The van der Waals surface area contributed by atoms with E-state index >= 15 is 8.78 Å². The highest BCUT2D eigenvalue weighted by Crippen LogP contribution is 2.37. The van der Waals surface area contributed by atoms with E-state index in [0.29, 0.717) is 44.5 Å². The summed E-state index contributed by atoms with van der Waals surface area (Å²) >= 11 is 0. The van der Waals surface area contributed by atoms with Crippen LogP contribution >= 0.6 is 0 Å². The summed E-state index contributed by atoms with van der Waals surface area (Å²) in [5, 5.41) is 12.6. The number of hydrogen-bond donors (Lipinski definition) is 2. The molecular weight excluding hydrogens is 564 g/mol. The maximum Gasteiger partial charge on any atom is 0.414 e. The first kappa shape index (κ1) is 28.6. The topological polar surface area (TPSA) is 134 Å². The molecule has 3 fully saturated rings. The van der Waals surface area contributed by atoms with E-state index < -0.39 is 40.8 Å². The lowest BCUT2D eigenvalue weighted by atomic mass is 10.0. The van der Waals surface area contributed by atoms with Gasteiger partial charge in [0.2, 0.25) is 5.43 Å². The number of halogens is 2. The number of piperidine rings is 1. The standard InChI is InChI=1S/C30H31F2N5O6/c1-16(38)2-6-20-14-37(30(42)43-20)19-5-7-25(23(31)12-19)33-17-8-10-35(11-9-17)28-24(32)13-21-26(39)22(29(40)41)15-36(18-3-4-18)27(21)34-28/h5,7,12-13,15,17-18,20,33H,2-4,6,8-11,14H2,1H3,(H,40,41)/t20-/m0/s1. The number of aromatic carboxylic acids is 1. The van der Waals surface area contributed by atoms with Crippen LogP contribution in [0.1, 0.15) is 61.8 Å². The summed E-state index contributed by atoms with van der Waals surface area (Å²) in [6.45, 7) is 2.57. The third-order valence-corrected chi connectivity index (χ3v) is 8.22. The van der Waals surface area contributed by atoms with Crippen LogP contribution in [-0.4, -0.2) is 64.3 Å². The van der Waals surface area contributed by atoms with Crippen LogP contribution in [0.3, 0.4) is 0 Å². The first-order valence-corrected chi connectivity index (χ1v) is 14.4. The number of carboxylic acid groups (broad SMARTS) is 1. The van der Waals surface area contributed by atoms with Crippen LogP contribution in [0.4, 0.5) is 30.8 Å². The van der Waals surface area contributed by atoms with Crippen LogP contribution in [-0.2, 0) is 9.53 Å². The second kappa shape index (κ2) is 11.3. The smallest absolute Gasteiger partial charge is 0.414 e. The Morgan fingerprint density at radius 2 is 1.84 bits per heavy atom. The van der Waals surface area contributed by atoms with Crippen LogP contribution in [0.25, 0.3) is 11.0 Å². The number of carbonyl (C=O) groups excluding carboxylic acids is 2. The van der Waals surface area contributed by atoms with Gasteiger partial charge in [0, 0.05) is 37.8 Å². The molecule has 0 bridgehead atoms. The highest BCUT2D eigenvalue weighted by Gasteiger charge is 2.33. The SMILES string of the molecule is CC(=O)CC[C@H]1CN(c2ccc(NC3CCN(c4nc5c(cc4F)c(=O)c(C(=O)O)cn5C4CC4)CC3)c(F)c2)C(=O)O1. The van der Waals surface area contributed by atoms with Gasteiger partial charge in [-0.15, -0.1) is 0 Å². The van der Waals surface area contributed by atoms with Crippen LogP contribution in [0, 0.1) is 11.6 Å². The number of fused-ring (bicyclic) bond motifs is 1. The summed E-state index contributed by atoms with van der Waals surface area (Å²) in [5.41, 5.74) is -0.257. The average molecular weight is 596 g/mol. The summed E-state index contributed by atoms with van der Waals surface area (Å²) in [6.07, 6.45) is 3.79. The van der Waals surface area contributed by atoms with E-state index in [1.807, 2.05) is 0 Å². The number of carbonyl (C=O) groups is 3. The Bertz CT molecular complexity index is 1680. The molecule has 1 saturated carbocycles. The maximum absolute atomic E-state index is 15.2. The summed E-state index contributed by atoms with van der Waals surface area (Å²) in [7, 11) is 0. The third-order valence-electron chi connectivity index (χ3n) is 8.22. The Hall–Kier alpha value is -4.55. The maximum atomic E-state index is 15.2. The summed E-state index contributed by atoms with van der Waals surface area (Å²) in [6, 6.07) is 5.48. The predicted octanol–water partition coefficient (Wildman–Crippen LogP) is 4.48. The second-order valence-corrected chi connectivity index (χ2v) is 11.4. The van der Waals surface area contributed by atoms with Crippen LogP contribution in [0.2, 0.25) is 0 Å². The van der Waals surface area contributed by atoms with E-state index in [4.69, 9.17) is 4.74 Å². The molecule has 13 heteroatoms. The zero-order valence-electron chi connectivity index (χ0n) is 23.5. The fourth-order valence-electron chi connectivity index (χ4n) is 5.73. The molecule has 0 spiro atoms. The summed E-state index contributed by atoms with van der Waals surface area (Å²) < 4.78 is 37.3. The van der Waals surface area contributed by atoms with E-state index in [2.05, 4.69) is 10.3 Å². The number of nitrogens with zero attached hydrogens (tertiary/aromatic N) is 4. The Labute approximate surface area is 245 Å². The van der Waals surface area contributed by atoms with E-state index in [1.54, 1.807) is 21.6 Å². The largest absolute Gasteiger partial charge is 0.477 e. The molecule has 1 amide bonds. The molecule has 2 aliphatic heterocycles. The van der Waals surface area contributed by atoms with E-state index in [-0.39, 0.29) is 47.0 Å². The molecular formula is C30H31F2N5O6. The molecule has 6 rings (SSSR count). The number of pyridine rings is 2. The van der Waals surface area contributed by atoms with Gasteiger partial charge in [0.05, 0.1) is 23.3 Å². The summed E-state index contributed by atoms with van der Waals surface area (Å²) in [5.74, 6) is -2.49. The monoisotopic (exact) mass is 595 g/mol. The zero-order valence-corrected chi connectivity index (χ0v) is 23.5. The first-order chi connectivity index (χ1) is 20.6. The molecule has 2 N–H and O–H groups in total. The third kappa shape index (κ3) is 5.75. The lowest BCUT2D eigenvalue weighted by Crippen LogP contribution is -2.40. The molecule has 1 aromatic carbocycles. The quantitative estimate of drug-likeness (QED) is 0.367. The second-order valence-electron chi connectivity index (χ2n) is 11.4. The van der Waals surface area contributed by atoms with Gasteiger partial charge in [-0.3, -0.25) is 9.69 Å². The number of ketones is 1. The Morgan fingerprint density at radius 3 is 2.49 bits per heavy atom. The van der Waals surface area contributed by atoms with E-state index in [9.17, 15) is 24.3 Å². The van der Waals surface area contributed by atoms with Gasteiger partial charge in [-0.1, -0.05) is 0 Å². The number of benzene rings is 1. The molecule has 0 radical (unpaired) electrons. The number of cyclic esters (lactones) is 1. The van der Waals surface area contributed by atoms with Gasteiger partial charge in [-0.05, 0) is 63.3 Å². The zero-order chi connectivity index (χ0) is 30.4. The van der Waals surface area contributed by atoms with E-state index in [0.717, 1.165) is 18.9 Å². The van der Waals surface area contributed by atoms with Crippen molar-refractivity contribution in [2.75, 3.05) is 34.8 Å². The van der Waals surface area contributed by atoms with Gasteiger partial charge < -0.3 is 29.4 Å². The highest BCUT2D eigenvalue weighted by molar-refractivity contribution is 5.92. The molecule has 3 aromatic rings. The van der Waals surface area contributed by atoms with E-state index in [1.165, 1.54) is 24.1 Å². The molecule has 1 aliphatic carbocycles. The Morgan fingerprint density at radius 1 is 1.09 bits per heavy atom.